The van der Waals surface area contributed by atoms with Gasteiger partial charge >= 0.3 is 0 Å². The molecular formula is C15H12N2O. The standard InChI is InChI=1S/C15H12N2O/c16-15-11-6-2-3-7-12(11)17-13(15)9-10-5-1-4-8-14(10)18/h1-9,16-18H. The van der Waals surface area contributed by atoms with Gasteiger partial charge in [-0.15, -0.1) is 0 Å². The van der Waals surface area contributed by atoms with E-state index in [0.717, 1.165) is 11.3 Å². The van der Waals surface area contributed by atoms with Crippen LogP contribution in [0.3, 0.4) is 0 Å². The second-order valence-corrected chi connectivity index (χ2v) is 4.16. The van der Waals surface area contributed by atoms with Gasteiger partial charge in [0.05, 0.1) is 11.4 Å². The van der Waals surface area contributed by atoms with Crippen molar-refractivity contribution < 1.29 is 5.11 Å². The van der Waals surface area contributed by atoms with Crippen molar-refractivity contribution in [2.75, 3.05) is 5.32 Å². The van der Waals surface area contributed by atoms with Gasteiger partial charge in [-0.1, -0.05) is 36.4 Å². The first-order valence-corrected chi connectivity index (χ1v) is 5.71. The van der Waals surface area contributed by atoms with E-state index in [9.17, 15) is 5.11 Å². The minimum atomic E-state index is 0.218. The number of benzene rings is 2. The molecule has 3 N–H and O–H groups in total. The van der Waals surface area contributed by atoms with Crippen molar-refractivity contribution in [1.29, 1.82) is 5.41 Å². The molecule has 3 nitrogen and oxygen atoms in total. The van der Waals surface area contributed by atoms with E-state index >= 15 is 0 Å². The second-order valence-electron chi connectivity index (χ2n) is 4.16. The number of rotatable bonds is 1. The molecule has 0 fully saturated rings. The van der Waals surface area contributed by atoms with Crippen molar-refractivity contribution in [1.82, 2.24) is 0 Å². The minimum absolute atomic E-state index is 0.218. The van der Waals surface area contributed by atoms with Crippen LogP contribution in [0.2, 0.25) is 0 Å². The van der Waals surface area contributed by atoms with Gasteiger partial charge in [0, 0.05) is 16.8 Å². The predicted molar refractivity (Wildman–Crippen MR) is 73.0 cm³/mol. The van der Waals surface area contributed by atoms with E-state index in [1.807, 2.05) is 36.4 Å². The zero-order valence-corrected chi connectivity index (χ0v) is 9.64. The highest BCUT2D eigenvalue weighted by molar-refractivity contribution is 6.22. The molecule has 3 heteroatoms. The van der Waals surface area contributed by atoms with Gasteiger partial charge in [0.15, 0.2) is 0 Å². The molecular weight excluding hydrogens is 224 g/mol. The molecule has 0 saturated carbocycles. The Balaban J connectivity index is 2.02. The van der Waals surface area contributed by atoms with Crippen LogP contribution in [0.5, 0.6) is 5.75 Å². The highest BCUT2D eigenvalue weighted by Crippen LogP contribution is 2.29. The molecule has 1 heterocycles. The van der Waals surface area contributed by atoms with E-state index in [1.54, 1.807) is 18.2 Å². The Morgan fingerprint density at radius 2 is 1.72 bits per heavy atom. The Hall–Kier alpha value is -2.55. The number of fused-ring (bicyclic) bond motifs is 1. The smallest absolute Gasteiger partial charge is 0.122 e. The highest BCUT2D eigenvalue weighted by atomic mass is 16.3. The van der Waals surface area contributed by atoms with Crippen LogP contribution in [0.25, 0.3) is 6.08 Å². The van der Waals surface area contributed by atoms with Crippen molar-refractivity contribution in [2.24, 2.45) is 0 Å². The number of allylic oxidation sites excluding steroid dienone is 1. The van der Waals surface area contributed by atoms with Gasteiger partial charge in [-0.3, -0.25) is 5.41 Å². The molecule has 0 radical (unpaired) electrons. The summed E-state index contributed by atoms with van der Waals surface area (Å²) in [7, 11) is 0. The molecule has 1 aliphatic rings. The van der Waals surface area contributed by atoms with Gasteiger partial charge in [0.1, 0.15) is 5.75 Å². The van der Waals surface area contributed by atoms with E-state index in [-0.39, 0.29) is 5.75 Å². The lowest BCUT2D eigenvalue weighted by Crippen LogP contribution is -1.99. The minimum Gasteiger partial charge on any atom is -0.507 e. The van der Waals surface area contributed by atoms with Gasteiger partial charge < -0.3 is 10.4 Å². The van der Waals surface area contributed by atoms with Crippen LogP contribution in [0, 0.1) is 5.41 Å². The van der Waals surface area contributed by atoms with Crippen LogP contribution >= 0.6 is 0 Å². The fourth-order valence-electron chi connectivity index (χ4n) is 2.04. The number of aromatic hydroxyl groups is 1. The lowest BCUT2D eigenvalue weighted by Gasteiger charge is -2.02. The summed E-state index contributed by atoms with van der Waals surface area (Å²) < 4.78 is 0. The Morgan fingerprint density at radius 1 is 1.00 bits per heavy atom. The fourth-order valence-corrected chi connectivity index (χ4v) is 2.04. The first-order valence-electron chi connectivity index (χ1n) is 5.71. The molecule has 0 aliphatic carbocycles. The highest BCUT2D eigenvalue weighted by Gasteiger charge is 2.20. The number of phenolic OH excluding ortho intramolecular Hbond substituents is 1. The SMILES string of the molecule is N=C1C(=Cc2ccccc2O)Nc2ccccc21. The molecule has 18 heavy (non-hydrogen) atoms. The van der Waals surface area contributed by atoms with Gasteiger partial charge in [-0.05, 0) is 18.2 Å². The maximum atomic E-state index is 9.73. The lowest BCUT2D eigenvalue weighted by atomic mass is 10.1. The van der Waals surface area contributed by atoms with E-state index < -0.39 is 0 Å². The van der Waals surface area contributed by atoms with Crippen molar-refractivity contribution >= 4 is 17.5 Å². The third-order valence-electron chi connectivity index (χ3n) is 2.97. The molecule has 2 aromatic carbocycles. The topological polar surface area (TPSA) is 56.1 Å². The first-order chi connectivity index (χ1) is 8.75. The maximum absolute atomic E-state index is 9.73. The van der Waals surface area contributed by atoms with Gasteiger partial charge in [0.25, 0.3) is 0 Å². The van der Waals surface area contributed by atoms with Gasteiger partial charge in [-0.2, -0.15) is 0 Å². The summed E-state index contributed by atoms with van der Waals surface area (Å²) in [6.07, 6.45) is 1.79. The van der Waals surface area contributed by atoms with Crippen LogP contribution in [-0.4, -0.2) is 10.8 Å². The van der Waals surface area contributed by atoms with Crippen molar-refractivity contribution in [3.63, 3.8) is 0 Å². The first kappa shape index (κ1) is 10.6. The fraction of sp³-hybridized carbons (Fsp3) is 0. The molecule has 0 amide bonds. The van der Waals surface area contributed by atoms with E-state index in [2.05, 4.69) is 5.32 Å². The Kier molecular flexibility index (Phi) is 2.38. The van der Waals surface area contributed by atoms with Crippen molar-refractivity contribution in [2.45, 2.75) is 0 Å². The van der Waals surface area contributed by atoms with Crippen LogP contribution in [0.15, 0.2) is 54.2 Å². The molecule has 0 bridgehead atoms. The Bertz CT molecular complexity index is 659. The Morgan fingerprint density at radius 3 is 2.50 bits per heavy atom. The Labute approximate surface area is 105 Å². The zero-order chi connectivity index (χ0) is 12.5. The van der Waals surface area contributed by atoms with Gasteiger partial charge in [0.2, 0.25) is 0 Å². The van der Waals surface area contributed by atoms with E-state index in [4.69, 9.17) is 5.41 Å². The monoisotopic (exact) mass is 236 g/mol. The third-order valence-corrected chi connectivity index (χ3v) is 2.97. The second kappa shape index (κ2) is 4.04. The molecule has 1 aliphatic heterocycles. The molecule has 0 atom stereocenters. The molecule has 88 valence electrons. The molecule has 2 aromatic rings. The summed E-state index contributed by atoms with van der Waals surface area (Å²) >= 11 is 0. The number of phenols is 1. The number of nitrogens with one attached hydrogen (secondary N) is 2. The van der Waals surface area contributed by atoms with Crippen LogP contribution in [0.1, 0.15) is 11.1 Å². The predicted octanol–water partition coefficient (Wildman–Crippen LogP) is 3.23. The molecule has 3 rings (SSSR count). The number of anilines is 1. The maximum Gasteiger partial charge on any atom is 0.122 e. The van der Waals surface area contributed by atoms with E-state index in [1.165, 1.54) is 0 Å². The summed E-state index contributed by atoms with van der Waals surface area (Å²) in [4.78, 5) is 0. The summed E-state index contributed by atoms with van der Waals surface area (Å²) in [6.45, 7) is 0. The summed E-state index contributed by atoms with van der Waals surface area (Å²) in [6, 6.07) is 14.8. The third kappa shape index (κ3) is 1.66. The van der Waals surface area contributed by atoms with Crippen LogP contribution in [0.4, 0.5) is 5.69 Å². The molecule has 0 saturated heterocycles. The molecule has 0 aromatic heterocycles. The summed E-state index contributed by atoms with van der Waals surface area (Å²) in [5, 5.41) is 21.0. The van der Waals surface area contributed by atoms with Crippen LogP contribution < -0.4 is 5.32 Å². The van der Waals surface area contributed by atoms with Gasteiger partial charge in [-0.25, -0.2) is 0 Å². The number of hydrogen-bond donors (Lipinski definition) is 3. The summed E-state index contributed by atoms with van der Waals surface area (Å²) in [5.74, 6) is 0.218. The average Bonchev–Trinajstić information content (AvgIpc) is 2.70. The average molecular weight is 236 g/mol. The molecule has 0 spiro atoms. The largest absolute Gasteiger partial charge is 0.507 e. The lowest BCUT2D eigenvalue weighted by molar-refractivity contribution is 0.474. The normalized spacial score (nSPS) is 15.6. The zero-order valence-electron chi connectivity index (χ0n) is 9.64. The van der Waals surface area contributed by atoms with Crippen molar-refractivity contribution in [3.8, 4) is 5.75 Å². The van der Waals surface area contributed by atoms with Crippen LogP contribution in [-0.2, 0) is 0 Å². The number of para-hydroxylation sites is 2. The summed E-state index contributed by atoms with van der Waals surface area (Å²) in [5.41, 5.74) is 3.69. The van der Waals surface area contributed by atoms with E-state index in [0.29, 0.717) is 17.0 Å². The number of hydrogen-bond acceptors (Lipinski definition) is 3. The van der Waals surface area contributed by atoms with Crippen molar-refractivity contribution in [3.05, 3.63) is 65.4 Å². The molecule has 0 unspecified atom stereocenters. The quantitative estimate of drug-likeness (QED) is 0.712.